The van der Waals surface area contributed by atoms with Gasteiger partial charge in [0.2, 0.25) is 0 Å². The molecule has 1 aliphatic heterocycles. The molecule has 0 amide bonds. The number of nitrogens with zero attached hydrogens (tertiary/aromatic N) is 1. The number of rotatable bonds is 4. The van der Waals surface area contributed by atoms with E-state index in [-0.39, 0.29) is 0 Å². The van der Waals surface area contributed by atoms with Crippen LogP contribution in [0.2, 0.25) is 0 Å². The average molecular weight is 248 g/mol. The smallest absolute Gasteiger partial charge is 0.119 e. The molecule has 3 nitrogen and oxygen atoms in total. The van der Waals surface area contributed by atoms with Gasteiger partial charge in [-0.25, -0.2) is 0 Å². The highest BCUT2D eigenvalue weighted by Crippen LogP contribution is 2.16. The van der Waals surface area contributed by atoms with Crippen molar-refractivity contribution < 1.29 is 4.74 Å². The first-order chi connectivity index (χ1) is 8.63. The third-order valence-electron chi connectivity index (χ3n) is 3.41. The molecule has 0 radical (unpaired) electrons. The van der Waals surface area contributed by atoms with Gasteiger partial charge in [0.05, 0.1) is 0 Å². The Bertz CT molecular complexity index is 372. The first-order valence-corrected chi connectivity index (χ1v) is 6.82. The zero-order valence-corrected chi connectivity index (χ0v) is 11.5. The van der Waals surface area contributed by atoms with Crippen LogP contribution in [0.25, 0.3) is 0 Å². The van der Waals surface area contributed by atoms with Crippen molar-refractivity contribution in [2.75, 3.05) is 26.2 Å². The molecule has 0 spiro atoms. The Kier molecular flexibility index (Phi) is 4.61. The molecular weight excluding hydrogens is 224 g/mol. The van der Waals surface area contributed by atoms with Crippen molar-refractivity contribution in [2.24, 2.45) is 5.73 Å². The summed E-state index contributed by atoms with van der Waals surface area (Å²) < 4.78 is 5.82. The molecule has 0 aromatic heterocycles. The van der Waals surface area contributed by atoms with Crippen LogP contribution in [0.15, 0.2) is 18.2 Å². The maximum absolute atomic E-state index is 5.97. The van der Waals surface area contributed by atoms with E-state index in [9.17, 15) is 0 Å². The lowest BCUT2D eigenvalue weighted by atomic mass is 10.1. The van der Waals surface area contributed by atoms with Crippen molar-refractivity contribution in [2.45, 2.75) is 32.7 Å². The van der Waals surface area contributed by atoms with Crippen molar-refractivity contribution in [3.05, 3.63) is 29.3 Å². The van der Waals surface area contributed by atoms with E-state index in [1.54, 1.807) is 0 Å². The van der Waals surface area contributed by atoms with Gasteiger partial charge >= 0.3 is 0 Å². The van der Waals surface area contributed by atoms with Gasteiger partial charge in [-0.05, 0) is 56.5 Å². The zero-order chi connectivity index (χ0) is 13.0. The van der Waals surface area contributed by atoms with Gasteiger partial charge in [-0.1, -0.05) is 6.07 Å². The zero-order valence-electron chi connectivity index (χ0n) is 11.5. The molecule has 0 aliphatic carbocycles. The summed E-state index contributed by atoms with van der Waals surface area (Å²) in [5.74, 6) is 0.980. The number of benzene rings is 1. The standard InChI is InChI=1S/C15H24N2O/c1-12-8-13(2)10-15(9-12)18-7-6-17-5-3-4-14(16)11-17/h8-10,14H,3-7,11,16H2,1-2H3/t14-/m1/s1. The normalized spacial score (nSPS) is 20.9. The topological polar surface area (TPSA) is 38.5 Å². The second-order valence-corrected chi connectivity index (χ2v) is 5.37. The Balaban J connectivity index is 1.77. The van der Waals surface area contributed by atoms with Gasteiger partial charge in [0.1, 0.15) is 12.4 Å². The maximum atomic E-state index is 5.97. The largest absolute Gasteiger partial charge is 0.492 e. The van der Waals surface area contributed by atoms with Gasteiger partial charge in [0.15, 0.2) is 0 Å². The molecule has 1 aliphatic rings. The molecule has 1 aromatic carbocycles. The molecule has 2 rings (SSSR count). The third-order valence-corrected chi connectivity index (χ3v) is 3.41. The number of aryl methyl sites for hydroxylation is 2. The van der Waals surface area contributed by atoms with Gasteiger partial charge in [0.25, 0.3) is 0 Å². The van der Waals surface area contributed by atoms with Crippen LogP contribution in [0, 0.1) is 13.8 Å². The van der Waals surface area contributed by atoms with Crippen molar-refractivity contribution in [3.63, 3.8) is 0 Å². The molecular formula is C15H24N2O. The number of hydrogen-bond donors (Lipinski definition) is 1. The van der Waals surface area contributed by atoms with Crippen LogP contribution in [0.4, 0.5) is 0 Å². The van der Waals surface area contributed by atoms with Crippen molar-refractivity contribution in [1.82, 2.24) is 4.90 Å². The second kappa shape index (κ2) is 6.21. The number of piperidine rings is 1. The summed E-state index contributed by atoms with van der Waals surface area (Å²) in [4.78, 5) is 2.40. The average Bonchev–Trinajstić information content (AvgIpc) is 2.27. The van der Waals surface area contributed by atoms with Crippen molar-refractivity contribution in [1.29, 1.82) is 0 Å². The summed E-state index contributed by atoms with van der Waals surface area (Å²) in [6, 6.07) is 6.69. The van der Waals surface area contributed by atoms with Crippen LogP contribution in [0.3, 0.4) is 0 Å². The molecule has 100 valence electrons. The van der Waals surface area contributed by atoms with E-state index >= 15 is 0 Å². The van der Waals surface area contributed by atoms with Crippen molar-refractivity contribution >= 4 is 0 Å². The SMILES string of the molecule is Cc1cc(C)cc(OCCN2CCC[C@@H](N)C2)c1. The van der Waals surface area contributed by atoms with Crippen LogP contribution in [0.1, 0.15) is 24.0 Å². The van der Waals surface area contributed by atoms with E-state index in [0.29, 0.717) is 6.04 Å². The maximum Gasteiger partial charge on any atom is 0.119 e. The summed E-state index contributed by atoms with van der Waals surface area (Å²) in [6.45, 7) is 8.09. The first-order valence-electron chi connectivity index (χ1n) is 6.82. The monoisotopic (exact) mass is 248 g/mol. The fourth-order valence-corrected chi connectivity index (χ4v) is 2.60. The van der Waals surface area contributed by atoms with Gasteiger partial charge in [-0.2, -0.15) is 0 Å². The fraction of sp³-hybridized carbons (Fsp3) is 0.600. The minimum atomic E-state index is 0.347. The highest BCUT2D eigenvalue weighted by molar-refractivity contribution is 5.32. The Labute approximate surface area is 110 Å². The molecule has 1 saturated heterocycles. The van der Waals surface area contributed by atoms with Gasteiger partial charge < -0.3 is 10.5 Å². The molecule has 18 heavy (non-hydrogen) atoms. The second-order valence-electron chi connectivity index (χ2n) is 5.37. The Morgan fingerprint density at radius 1 is 1.28 bits per heavy atom. The van der Waals surface area contributed by atoms with Crippen LogP contribution >= 0.6 is 0 Å². The van der Waals surface area contributed by atoms with Crippen LogP contribution in [-0.2, 0) is 0 Å². The lowest BCUT2D eigenvalue weighted by Crippen LogP contribution is -2.44. The van der Waals surface area contributed by atoms with Gasteiger partial charge in [0, 0.05) is 19.1 Å². The van der Waals surface area contributed by atoms with E-state index in [1.807, 2.05) is 0 Å². The van der Waals surface area contributed by atoms with Gasteiger partial charge in [-0.3, -0.25) is 4.90 Å². The first kappa shape index (κ1) is 13.4. The minimum Gasteiger partial charge on any atom is -0.492 e. The van der Waals surface area contributed by atoms with Crippen LogP contribution in [-0.4, -0.2) is 37.2 Å². The Morgan fingerprint density at radius 2 is 2.00 bits per heavy atom. The number of ether oxygens (including phenoxy) is 1. The van der Waals surface area contributed by atoms with Crippen molar-refractivity contribution in [3.8, 4) is 5.75 Å². The molecule has 0 saturated carbocycles. The van der Waals surface area contributed by atoms with E-state index in [2.05, 4.69) is 36.9 Å². The molecule has 0 bridgehead atoms. The van der Waals surface area contributed by atoms with Gasteiger partial charge in [-0.15, -0.1) is 0 Å². The molecule has 0 unspecified atom stereocenters. The predicted molar refractivity (Wildman–Crippen MR) is 75.1 cm³/mol. The highest BCUT2D eigenvalue weighted by atomic mass is 16.5. The lowest BCUT2D eigenvalue weighted by molar-refractivity contribution is 0.171. The summed E-state index contributed by atoms with van der Waals surface area (Å²) in [5.41, 5.74) is 8.47. The number of hydrogen-bond acceptors (Lipinski definition) is 3. The van der Waals surface area contributed by atoms with Crippen LogP contribution < -0.4 is 10.5 Å². The fourth-order valence-electron chi connectivity index (χ4n) is 2.60. The van der Waals surface area contributed by atoms with E-state index < -0.39 is 0 Å². The predicted octanol–water partition coefficient (Wildman–Crippen LogP) is 2.11. The third kappa shape index (κ3) is 4.00. The van der Waals surface area contributed by atoms with E-state index in [1.165, 1.54) is 17.5 Å². The van der Waals surface area contributed by atoms with E-state index in [0.717, 1.165) is 38.4 Å². The summed E-state index contributed by atoms with van der Waals surface area (Å²) >= 11 is 0. The summed E-state index contributed by atoms with van der Waals surface area (Å²) in [6.07, 6.45) is 2.37. The van der Waals surface area contributed by atoms with E-state index in [4.69, 9.17) is 10.5 Å². The molecule has 2 N–H and O–H groups in total. The lowest BCUT2D eigenvalue weighted by Gasteiger charge is -2.30. The molecule has 1 fully saturated rings. The summed E-state index contributed by atoms with van der Waals surface area (Å²) in [7, 11) is 0. The molecule has 3 heteroatoms. The van der Waals surface area contributed by atoms with Crippen LogP contribution in [0.5, 0.6) is 5.75 Å². The molecule has 1 heterocycles. The Hall–Kier alpha value is -1.06. The Morgan fingerprint density at radius 3 is 2.67 bits per heavy atom. The molecule has 1 aromatic rings. The number of nitrogens with two attached hydrogens (primary N) is 1. The summed E-state index contributed by atoms with van der Waals surface area (Å²) in [5, 5.41) is 0. The molecule has 1 atom stereocenters. The highest BCUT2D eigenvalue weighted by Gasteiger charge is 2.15. The minimum absolute atomic E-state index is 0.347. The number of likely N-dealkylation sites (tertiary alicyclic amines) is 1. The quantitative estimate of drug-likeness (QED) is 0.887.